The maximum Gasteiger partial charge on any atom is 0.272 e. The van der Waals surface area contributed by atoms with E-state index in [1.54, 1.807) is 36.8 Å². The summed E-state index contributed by atoms with van der Waals surface area (Å²) < 4.78 is 0. The zero-order chi connectivity index (χ0) is 32.2. The fraction of sp³-hybridized carbons (Fsp3) is 0.214. The first kappa shape index (κ1) is 33.9. The molecular weight excluding hydrogens is 627 g/mol. The number of H-pyrrole nitrogens is 1. The molecule has 1 amide bonds. The molecule has 5 heterocycles. The minimum Gasteiger partial charge on any atom is -0.363 e. The highest BCUT2D eigenvalue weighted by molar-refractivity contribution is 6.31. The molecule has 0 aliphatic carbocycles. The summed E-state index contributed by atoms with van der Waals surface area (Å²) >= 11 is 16.3. The van der Waals surface area contributed by atoms with Gasteiger partial charge in [-0.25, -0.2) is 30.3 Å². The Morgan fingerprint density at radius 3 is 1.98 bits per heavy atom. The van der Waals surface area contributed by atoms with E-state index in [0.717, 1.165) is 33.8 Å². The van der Waals surface area contributed by atoms with E-state index in [0.29, 0.717) is 16.7 Å². The van der Waals surface area contributed by atoms with Crippen molar-refractivity contribution in [2.75, 3.05) is 43.3 Å². The van der Waals surface area contributed by atoms with Gasteiger partial charge in [0.25, 0.3) is 5.91 Å². The fourth-order valence-corrected chi connectivity index (χ4v) is 4.02. The van der Waals surface area contributed by atoms with Crippen molar-refractivity contribution in [2.45, 2.75) is 13.8 Å². The number of halogens is 3. The fourth-order valence-electron chi connectivity index (χ4n) is 3.55. The highest BCUT2D eigenvalue weighted by Gasteiger charge is 2.18. The number of nitrogens with one attached hydrogen (secondary N) is 3. The summed E-state index contributed by atoms with van der Waals surface area (Å²) in [5.41, 5.74) is 5.49. The van der Waals surface area contributed by atoms with E-state index in [9.17, 15) is 4.79 Å². The minimum absolute atomic E-state index is 0.178. The van der Waals surface area contributed by atoms with Crippen LogP contribution in [0.25, 0.3) is 10.9 Å². The number of benzene rings is 1. The number of anilines is 4. The molecule has 4 aromatic heterocycles. The van der Waals surface area contributed by atoms with Gasteiger partial charge in [-0.05, 0) is 53.5 Å². The van der Waals surface area contributed by atoms with Crippen molar-refractivity contribution < 1.29 is 4.79 Å². The molecule has 0 atom stereocenters. The van der Waals surface area contributed by atoms with Crippen LogP contribution < -0.4 is 20.5 Å². The summed E-state index contributed by atoms with van der Waals surface area (Å²) in [6.45, 7) is 4.00. The summed E-state index contributed by atoms with van der Waals surface area (Å²) in [6.07, 6.45) is 8.27. The monoisotopic (exact) mass is 656 g/mol. The van der Waals surface area contributed by atoms with E-state index in [1.807, 2.05) is 70.2 Å². The lowest BCUT2D eigenvalue weighted by molar-refractivity contribution is 0.0957. The number of carbonyl (C=O) groups excluding carboxylic acids is 1. The van der Waals surface area contributed by atoms with Crippen LogP contribution in [-0.2, 0) is 0 Å². The average Bonchev–Trinajstić information content (AvgIpc) is 3.33. The lowest BCUT2D eigenvalue weighted by Crippen LogP contribution is -2.16. The van der Waals surface area contributed by atoms with Crippen molar-refractivity contribution in [2.24, 2.45) is 5.10 Å². The molecule has 6 rings (SSSR count). The van der Waals surface area contributed by atoms with Gasteiger partial charge in [-0.15, -0.1) is 0 Å². The van der Waals surface area contributed by atoms with Crippen molar-refractivity contribution in [1.29, 1.82) is 0 Å². The molecule has 0 spiro atoms. The summed E-state index contributed by atoms with van der Waals surface area (Å²) in [4.78, 5) is 42.7. The van der Waals surface area contributed by atoms with Gasteiger partial charge in [-0.3, -0.25) is 4.79 Å². The van der Waals surface area contributed by atoms with Crippen LogP contribution in [0.1, 0.15) is 29.8 Å². The highest BCUT2D eigenvalue weighted by Crippen LogP contribution is 2.28. The van der Waals surface area contributed by atoms with Gasteiger partial charge in [0.1, 0.15) is 16.8 Å². The lowest BCUT2D eigenvalue weighted by Gasteiger charge is -2.13. The third-order valence-corrected chi connectivity index (χ3v) is 6.02. The van der Waals surface area contributed by atoms with Crippen LogP contribution in [0.3, 0.4) is 0 Å². The van der Waals surface area contributed by atoms with Crippen molar-refractivity contribution in [3.05, 3.63) is 82.0 Å². The molecule has 0 saturated heterocycles. The number of aromatic nitrogens is 7. The Morgan fingerprint density at radius 2 is 1.41 bits per heavy atom. The van der Waals surface area contributed by atoms with Crippen LogP contribution in [0, 0.1) is 0 Å². The lowest BCUT2D eigenvalue weighted by atomic mass is 10.1. The molecular formula is C28H31Cl3N12O. The van der Waals surface area contributed by atoms with Crippen LogP contribution in [0.4, 0.5) is 23.3 Å². The van der Waals surface area contributed by atoms with Gasteiger partial charge in [-0.2, -0.15) is 10.1 Å². The molecule has 1 aromatic carbocycles. The molecule has 0 fully saturated rings. The molecule has 16 heteroatoms. The number of nitrogens with zero attached hydrogens (tertiary/aromatic N) is 9. The minimum atomic E-state index is -0.249. The van der Waals surface area contributed by atoms with E-state index in [4.69, 9.17) is 34.8 Å². The Morgan fingerprint density at radius 1 is 0.795 bits per heavy atom. The van der Waals surface area contributed by atoms with E-state index in [-0.39, 0.29) is 16.5 Å². The molecule has 3 N–H and O–H groups in total. The Bertz CT molecular complexity index is 1710. The summed E-state index contributed by atoms with van der Waals surface area (Å²) in [5, 5.41) is 8.74. The van der Waals surface area contributed by atoms with Crippen molar-refractivity contribution in [1.82, 2.24) is 40.3 Å². The van der Waals surface area contributed by atoms with Gasteiger partial charge in [0.15, 0.2) is 0 Å². The third-order valence-electron chi connectivity index (χ3n) is 5.44. The molecule has 230 valence electrons. The Labute approximate surface area is 269 Å². The van der Waals surface area contributed by atoms with E-state index >= 15 is 0 Å². The molecule has 1 aliphatic rings. The Kier molecular flexibility index (Phi) is 12.6. The van der Waals surface area contributed by atoms with Gasteiger partial charge in [-0.1, -0.05) is 25.4 Å². The predicted molar refractivity (Wildman–Crippen MR) is 178 cm³/mol. The molecule has 0 saturated carbocycles. The number of hydrazone groups is 1. The topological polar surface area (TPSA) is 153 Å². The second-order valence-electron chi connectivity index (χ2n) is 8.87. The summed E-state index contributed by atoms with van der Waals surface area (Å²) in [6, 6.07) is 8.87. The van der Waals surface area contributed by atoms with Gasteiger partial charge in [0.2, 0.25) is 16.5 Å². The van der Waals surface area contributed by atoms with Crippen LogP contribution in [-0.4, -0.2) is 75.2 Å². The predicted octanol–water partition coefficient (Wildman–Crippen LogP) is 5.85. The zero-order valence-corrected chi connectivity index (χ0v) is 27.1. The van der Waals surface area contributed by atoms with Crippen molar-refractivity contribution in [3.63, 3.8) is 0 Å². The molecule has 13 nitrogen and oxygen atoms in total. The maximum atomic E-state index is 12.2. The Hall–Kier alpha value is -4.59. The van der Waals surface area contributed by atoms with Crippen LogP contribution in [0.15, 0.2) is 60.2 Å². The van der Waals surface area contributed by atoms with Gasteiger partial charge < -0.3 is 20.1 Å². The van der Waals surface area contributed by atoms with Crippen molar-refractivity contribution in [3.8, 4) is 0 Å². The first-order valence-corrected chi connectivity index (χ1v) is 14.3. The van der Waals surface area contributed by atoms with Gasteiger partial charge in [0.05, 0.1) is 11.8 Å². The first-order valence-electron chi connectivity index (χ1n) is 13.2. The number of carbonyl (C=O) groups is 1. The molecule has 0 radical (unpaired) electrons. The highest BCUT2D eigenvalue weighted by atomic mass is 35.5. The van der Waals surface area contributed by atoms with E-state index in [1.165, 1.54) is 6.20 Å². The number of amides is 1. The zero-order valence-electron chi connectivity index (χ0n) is 24.8. The summed E-state index contributed by atoms with van der Waals surface area (Å²) in [7, 11) is 7.63. The number of rotatable bonds is 4. The number of hydrogen-bond acceptors (Lipinski definition) is 11. The number of aromatic amines is 1. The molecule has 0 unspecified atom stereocenters. The normalized spacial score (nSPS) is 11.0. The molecule has 0 bridgehead atoms. The SMILES string of the molecule is CC.CN(C)c1ccnc(Cl)n1.CN(C)c1ccnc(Nc2cc3c4c(c[nH]c4c2)C=NNC3=O)n1.Clc1ccnc(Cl)n1. The second kappa shape index (κ2) is 16.3. The quantitative estimate of drug-likeness (QED) is 0.158. The molecule has 5 aromatic rings. The van der Waals surface area contributed by atoms with E-state index in [2.05, 4.69) is 50.7 Å². The molecule has 1 aliphatic heterocycles. The van der Waals surface area contributed by atoms with Gasteiger partial charge >= 0.3 is 0 Å². The second-order valence-corrected chi connectivity index (χ2v) is 9.94. The first-order chi connectivity index (χ1) is 21.1. The van der Waals surface area contributed by atoms with Crippen LogP contribution in [0.5, 0.6) is 0 Å². The van der Waals surface area contributed by atoms with Crippen LogP contribution in [0.2, 0.25) is 15.7 Å². The smallest absolute Gasteiger partial charge is 0.272 e. The largest absolute Gasteiger partial charge is 0.363 e. The van der Waals surface area contributed by atoms with Gasteiger partial charge in [0, 0.05) is 75.1 Å². The third kappa shape index (κ3) is 9.46. The van der Waals surface area contributed by atoms with Crippen molar-refractivity contribution >= 4 is 81.1 Å². The Balaban J connectivity index is 0.000000217. The number of hydrogen-bond donors (Lipinski definition) is 3. The standard InChI is InChI=1S/C16H15N7O.C6H8ClN3.C4H2Cl2N2.C2H6/c1-23(2)13-3-4-17-16(21-13)20-10-5-11-14-9(7-18-12(14)6-10)8-19-22-15(11)24;1-10(2)5-3-4-8-6(7)9-5;5-3-1-2-7-4(6)8-3;1-2/h3-8,18H,1-2H3,(H,22,24)(H,17,20,21);3-4H,1-2H3;1-2H;1-2H3. The average molecular weight is 658 g/mol. The van der Waals surface area contributed by atoms with E-state index < -0.39 is 0 Å². The summed E-state index contributed by atoms with van der Waals surface area (Å²) in [5.74, 6) is 1.83. The molecule has 44 heavy (non-hydrogen) atoms. The van der Waals surface area contributed by atoms with Crippen LogP contribution >= 0.6 is 34.8 Å². The maximum absolute atomic E-state index is 12.2.